The molecule has 96 valence electrons. The van der Waals surface area contributed by atoms with Crippen molar-refractivity contribution >= 4 is 12.0 Å². The van der Waals surface area contributed by atoms with Gasteiger partial charge in [-0.05, 0) is 6.42 Å². The van der Waals surface area contributed by atoms with E-state index in [4.69, 9.17) is 10.4 Å². The first-order valence-electron chi connectivity index (χ1n) is 5.61. The maximum absolute atomic E-state index is 11.5. The summed E-state index contributed by atoms with van der Waals surface area (Å²) in [5.74, 6) is -1.44. The smallest absolute Gasteiger partial charge is 0.317 e. The van der Waals surface area contributed by atoms with Gasteiger partial charge in [-0.3, -0.25) is 4.79 Å². The molecule has 2 N–H and O–H groups in total. The van der Waals surface area contributed by atoms with Gasteiger partial charge >= 0.3 is 12.0 Å². The Morgan fingerprint density at radius 3 is 2.65 bits per heavy atom. The van der Waals surface area contributed by atoms with Crippen molar-refractivity contribution in [3.63, 3.8) is 0 Å². The fraction of sp³-hybridized carbons (Fsp3) is 0.727. The van der Waals surface area contributed by atoms with Crippen LogP contribution in [0.25, 0.3) is 0 Å². The number of aliphatic carboxylic acids is 1. The second-order valence-corrected chi connectivity index (χ2v) is 3.84. The summed E-state index contributed by atoms with van der Waals surface area (Å²) in [5.41, 5.74) is 0. The number of nitrogens with zero attached hydrogens (tertiary/aromatic N) is 2. The summed E-state index contributed by atoms with van der Waals surface area (Å²) in [6, 6.07) is 1.60. The molecule has 0 aromatic carbocycles. The summed E-state index contributed by atoms with van der Waals surface area (Å²) in [7, 11) is 1.57. The Hall–Kier alpha value is -1.77. The number of carboxylic acid groups (broad SMARTS) is 1. The first-order chi connectivity index (χ1) is 8.02. The third-order valence-electron chi connectivity index (χ3n) is 2.39. The van der Waals surface area contributed by atoms with E-state index in [-0.39, 0.29) is 19.0 Å². The number of carbonyl (C=O) groups excluding carboxylic acids is 1. The standard InChI is InChI=1S/C11H19N3O3/c1-3-5-9(10(15)16)8-13-11(17)14(2)7-4-6-12/h9H,3-5,7-8H2,1-2H3,(H,13,17)(H,15,16). The quantitative estimate of drug-likeness (QED) is 0.696. The van der Waals surface area contributed by atoms with E-state index in [1.54, 1.807) is 7.05 Å². The van der Waals surface area contributed by atoms with Gasteiger partial charge in [0.1, 0.15) is 0 Å². The summed E-state index contributed by atoms with van der Waals surface area (Å²) < 4.78 is 0. The lowest BCUT2D eigenvalue weighted by Gasteiger charge is -2.18. The summed E-state index contributed by atoms with van der Waals surface area (Å²) >= 11 is 0. The molecule has 2 amide bonds. The number of nitriles is 1. The molecular formula is C11H19N3O3. The molecule has 1 unspecified atom stereocenters. The van der Waals surface area contributed by atoms with E-state index < -0.39 is 11.9 Å². The second kappa shape index (κ2) is 8.39. The van der Waals surface area contributed by atoms with E-state index in [0.29, 0.717) is 13.0 Å². The zero-order chi connectivity index (χ0) is 13.3. The third kappa shape index (κ3) is 6.40. The van der Waals surface area contributed by atoms with E-state index in [1.807, 2.05) is 13.0 Å². The van der Waals surface area contributed by atoms with Crippen molar-refractivity contribution in [1.82, 2.24) is 10.2 Å². The van der Waals surface area contributed by atoms with Crippen molar-refractivity contribution in [3.8, 4) is 6.07 Å². The minimum atomic E-state index is -0.896. The van der Waals surface area contributed by atoms with Crippen molar-refractivity contribution in [2.24, 2.45) is 5.92 Å². The first kappa shape index (κ1) is 15.2. The summed E-state index contributed by atoms with van der Waals surface area (Å²) in [4.78, 5) is 23.7. The highest BCUT2D eigenvalue weighted by Crippen LogP contribution is 2.05. The van der Waals surface area contributed by atoms with E-state index in [0.717, 1.165) is 6.42 Å². The van der Waals surface area contributed by atoms with Crippen molar-refractivity contribution in [1.29, 1.82) is 5.26 Å². The highest BCUT2D eigenvalue weighted by molar-refractivity contribution is 5.75. The summed E-state index contributed by atoms with van der Waals surface area (Å²) in [6.07, 6.45) is 1.57. The average Bonchev–Trinajstić information content (AvgIpc) is 2.30. The fourth-order valence-electron chi connectivity index (χ4n) is 1.33. The van der Waals surface area contributed by atoms with Crippen LogP contribution in [0.2, 0.25) is 0 Å². The van der Waals surface area contributed by atoms with E-state index in [2.05, 4.69) is 5.32 Å². The average molecular weight is 241 g/mol. The van der Waals surface area contributed by atoms with Gasteiger partial charge in [0.15, 0.2) is 0 Å². The number of carboxylic acids is 1. The number of carbonyl (C=O) groups is 2. The number of rotatable bonds is 7. The van der Waals surface area contributed by atoms with Crippen LogP contribution in [0.5, 0.6) is 0 Å². The van der Waals surface area contributed by atoms with Crippen LogP contribution in [0.4, 0.5) is 4.79 Å². The second-order valence-electron chi connectivity index (χ2n) is 3.84. The highest BCUT2D eigenvalue weighted by atomic mass is 16.4. The molecule has 0 fully saturated rings. The molecule has 0 aliphatic heterocycles. The van der Waals surface area contributed by atoms with Gasteiger partial charge in [-0.25, -0.2) is 4.79 Å². The van der Waals surface area contributed by atoms with E-state index >= 15 is 0 Å². The van der Waals surface area contributed by atoms with Gasteiger partial charge in [-0.1, -0.05) is 13.3 Å². The molecule has 0 aliphatic rings. The predicted molar refractivity (Wildman–Crippen MR) is 62.3 cm³/mol. The van der Waals surface area contributed by atoms with Crippen molar-refractivity contribution in [3.05, 3.63) is 0 Å². The highest BCUT2D eigenvalue weighted by Gasteiger charge is 2.18. The lowest BCUT2D eigenvalue weighted by atomic mass is 10.0. The molecule has 0 saturated heterocycles. The van der Waals surface area contributed by atoms with Crippen molar-refractivity contribution in [2.45, 2.75) is 26.2 Å². The largest absolute Gasteiger partial charge is 0.481 e. The Bertz CT molecular complexity index is 299. The maximum Gasteiger partial charge on any atom is 0.317 e. The lowest BCUT2D eigenvalue weighted by Crippen LogP contribution is -2.41. The van der Waals surface area contributed by atoms with Crippen LogP contribution in [-0.2, 0) is 4.79 Å². The Labute approximate surface area is 101 Å². The molecule has 0 aliphatic carbocycles. The number of hydrogen-bond donors (Lipinski definition) is 2. The van der Waals surface area contributed by atoms with Gasteiger partial charge in [0.2, 0.25) is 0 Å². The van der Waals surface area contributed by atoms with Crippen LogP contribution in [0, 0.1) is 17.2 Å². The Morgan fingerprint density at radius 1 is 1.53 bits per heavy atom. The number of urea groups is 1. The molecule has 1 atom stereocenters. The third-order valence-corrected chi connectivity index (χ3v) is 2.39. The van der Waals surface area contributed by atoms with Crippen LogP contribution in [0.1, 0.15) is 26.2 Å². The van der Waals surface area contributed by atoms with Crippen LogP contribution in [0.15, 0.2) is 0 Å². The minimum Gasteiger partial charge on any atom is -0.481 e. The molecule has 17 heavy (non-hydrogen) atoms. The topological polar surface area (TPSA) is 93.4 Å². The normalized spacial score (nSPS) is 11.4. The lowest BCUT2D eigenvalue weighted by molar-refractivity contribution is -0.141. The predicted octanol–water partition coefficient (Wildman–Crippen LogP) is 1.04. The molecule has 0 saturated carbocycles. The summed E-state index contributed by atoms with van der Waals surface area (Å²) in [5, 5.41) is 19.8. The van der Waals surface area contributed by atoms with Crippen LogP contribution in [0.3, 0.4) is 0 Å². The monoisotopic (exact) mass is 241 g/mol. The molecular weight excluding hydrogens is 222 g/mol. The zero-order valence-electron chi connectivity index (χ0n) is 10.3. The minimum absolute atomic E-state index is 0.124. The molecule has 0 heterocycles. The Kier molecular flexibility index (Phi) is 7.52. The Morgan fingerprint density at radius 2 is 2.18 bits per heavy atom. The molecule has 0 rings (SSSR count). The number of hydrogen-bond acceptors (Lipinski definition) is 3. The number of amides is 2. The molecule has 6 heteroatoms. The summed E-state index contributed by atoms with van der Waals surface area (Å²) in [6.45, 7) is 2.36. The van der Waals surface area contributed by atoms with Crippen LogP contribution < -0.4 is 5.32 Å². The molecule has 0 radical (unpaired) electrons. The van der Waals surface area contributed by atoms with E-state index in [9.17, 15) is 9.59 Å². The molecule has 0 aromatic rings. The van der Waals surface area contributed by atoms with Gasteiger partial charge in [-0.2, -0.15) is 5.26 Å². The maximum atomic E-state index is 11.5. The van der Waals surface area contributed by atoms with Crippen LogP contribution >= 0.6 is 0 Å². The van der Waals surface area contributed by atoms with Crippen molar-refractivity contribution in [2.75, 3.05) is 20.1 Å². The van der Waals surface area contributed by atoms with Gasteiger partial charge < -0.3 is 15.3 Å². The van der Waals surface area contributed by atoms with E-state index in [1.165, 1.54) is 4.90 Å². The fourth-order valence-corrected chi connectivity index (χ4v) is 1.33. The Balaban J connectivity index is 4.03. The van der Waals surface area contributed by atoms with Gasteiger partial charge in [-0.15, -0.1) is 0 Å². The molecule has 0 spiro atoms. The number of nitrogens with one attached hydrogen (secondary N) is 1. The first-order valence-corrected chi connectivity index (χ1v) is 5.61. The van der Waals surface area contributed by atoms with Crippen molar-refractivity contribution < 1.29 is 14.7 Å². The molecule has 0 aromatic heterocycles. The zero-order valence-corrected chi connectivity index (χ0v) is 10.3. The SMILES string of the molecule is CCCC(CNC(=O)N(C)CCC#N)C(=O)O. The molecule has 6 nitrogen and oxygen atoms in total. The van der Waals surface area contributed by atoms with Gasteiger partial charge in [0, 0.05) is 20.1 Å². The van der Waals surface area contributed by atoms with Gasteiger partial charge in [0.25, 0.3) is 0 Å². The molecule has 0 bridgehead atoms. The van der Waals surface area contributed by atoms with Crippen LogP contribution in [-0.4, -0.2) is 42.1 Å². The van der Waals surface area contributed by atoms with Gasteiger partial charge in [0.05, 0.1) is 18.4 Å².